The van der Waals surface area contributed by atoms with E-state index in [4.69, 9.17) is 0 Å². The molecule has 170 valence electrons. The maximum absolute atomic E-state index is 13.2. The lowest BCUT2D eigenvalue weighted by atomic mass is 10.2. The Morgan fingerprint density at radius 1 is 1.03 bits per heavy atom. The summed E-state index contributed by atoms with van der Waals surface area (Å²) in [5.74, 6) is -0.278. The molecule has 0 aliphatic carbocycles. The number of carbonyl (C=O) groups is 1. The Bertz CT molecular complexity index is 1350. The van der Waals surface area contributed by atoms with Crippen LogP contribution in [-0.4, -0.2) is 39.6 Å². The summed E-state index contributed by atoms with van der Waals surface area (Å²) >= 11 is 0. The topological polar surface area (TPSA) is 85.1 Å². The van der Waals surface area contributed by atoms with Crippen LogP contribution in [0.4, 0.5) is 5.69 Å². The summed E-state index contributed by atoms with van der Waals surface area (Å²) in [6, 6.07) is 16.8. The second kappa shape index (κ2) is 8.90. The first-order chi connectivity index (χ1) is 15.8. The van der Waals surface area contributed by atoms with Crippen molar-refractivity contribution in [1.29, 1.82) is 0 Å². The molecule has 1 amide bonds. The first-order valence-electron chi connectivity index (χ1n) is 10.9. The monoisotopic (exact) mass is 444 g/mol. The van der Waals surface area contributed by atoms with Crippen molar-refractivity contribution in [3.63, 3.8) is 0 Å². The van der Waals surface area contributed by atoms with E-state index in [9.17, 15) is 9.59 Å². The van der Waals surface area contributed by atoms with Gasteiger partial charge in [0, 0.05) is 26.3 Å². The van der Waals surface area contributed by atoms with E-state index in [0.717, 1.165) is 22.6 Å². The highest BCUT2D eigenvalue weighted by molar-refractivity contribution is 5.84. The van der Waals surface area contributed by atoms with Crippen LogP contribution in [0.15, 0.2) is 59.4 Å². The molecule has 4 rings (SSSR count). The third-order valence-corrected chi connectivity index (χ3v) is 5.81. The van der Waals surface area contributed by atoms with Crippen LogP contribution < -0.4 is 15.8 Å². The first-order valence-corrected chi connectivity index (χ1v) is 10.9. The van der Waals surface area contributed by atoms with E-state index in [0.29, 0.717) is 23.1 Å². The molecule has 0 radical (unpaired) electrons. The number of para-hydroxylation sites is 1. The van der Waals surface area contributed by atoms with Gasteiger partial charge in [0.1, 0.15) is 6.04 Å². The Balaban J connectivity index is 1.60. The quantitative estimate of drug-likeness (QED) is 0.494. The number of aromatic nitrogens is 4. The fraction of sp³-hybridized carbons (Fsp3) is 0.280. The average molecular weight is 445 g/mol. The molecule has 2 aromatic heterocycles. The van der Waals surface area contributed by atoms with E-state index in [-0.39, 0.29) is 11.5 Å². The van der Waals surface area contributed by atoms with E-state index >= 15 is 0 Å². The van der Waals surface area contributed by atoms with Crippen molar-refractivity contribution in [2.75, 3.05) is 19.0 Å². The summed E-state index contributed by atoms with van der Waals surface area (Å²) in [6.07, 6.45) is 0. The Morgan fingerprint density at radius 3 is 2.33 bits per heavy atom. The second-order valence-electron chi connectivity index (χ2n) is 8.35. The molecule has 0 aliphatic heterocycles. The summed E-state index contributed by atoms with van der Waals surface area (Å²) < 4.78 is 2.97. The largest absolute Gasteiger partial charge is 0.378 e. The molecule has 2 heterocycles. The van der Waals surface area contributed by atoms with Crippen molar-refractivity contribution in [3.05, 3.63) is 81.9 Å². The second-order valence-corrected chi connectivity index (χ2v) is 8.35. The van der Waals surface area contributed by atoms with Crippen LogP contribution in [0.5, 0.6) is 0 Å². The summed E-state index contributed by atoms with van der Waals surface area (Å²) in [6.45, 7) is 5.79. The third kappa shape index (κ3) is 4.24. The SMILES string of the molecule is Cc1nn([C@@H](C)C(=O)NCc2ccc(N(C)C)cc2)c(=O)c2nn(-c3ccccc3)c(C)c12. The van der Waals surface area contributed by atoms with Gasteiger partial charge in [-0.1, -0.05) is 30.3 Å². The summed E-state index contributed by atoms with van der Waals surface area (Å²) in [5, 5.41) is 12.7. The predicted molar refractivity (Wildman–Crippen MR) is 130 cm³/mol. The zero-order valence-electron chi connectivity index (χ0n) is 19.5. The molecule has 4 aromatic rings. The number of hydrogen-bond acceptors (Lipinski definition) is 5. The molecule has 0 unspecified atom stereocenters. The maximum Gasteiger partial charge on any atom is 0.295 e. The highest BCUT2D eigenvalue weighted by Crippen LogP contribution is 2.21. The molecule has 0 bridgehead atoms. The van der Waals surface area contributed by atoms with Gasteiger partial charge in [-0.15, -0.1) is 0 Å². The Hall–Kier alpha value is -3.94. The minimum Gasteiger partial charge on any atom is -0.378 e. The summed E-state index contributed by atoms with van der Waals surface area (Å²) in [4.78, 5) is 28.1. The molecule has 0 saturated carbocycles. The number of aryl methyl sites for hydroxylation is 2. The molecule has 0 fully saturated rings. The highest BCUT2D eigenvalue weighted by Gasteiger charge is 2.23. The highest BCUT2D eigenvalue weighted by atomic mass is 16.2. The van der Waals surface area contributed by atoms with Gasteiger partial charge >= 0.3 is 0 Å². The van der Waals surface area contributed by atoms with Gasteiger partial charge < -0.3 is 10.2 Å². The number of rotatable bonds is 6. The van der Waals surface area contributed by atoms with Crippen LogP contribution >= 0.6 is 0 Å². The van der Waals surface area contributed by atoms with Crippen LogP contribution in [0.3, 0.4) is 0 Å². The molecule has 0 spiro atoms. The zero-order valence-corrected chi connectivity index (χ0v) is 19.5. The fourth-order valence-electron chi connectivity index (χ4n) is 3.89. The zero-order chi connectivity index (χ0) is 23.7. The predicted octanol–water partition coefficient (Wildman–Crippen LogP) is 3.14. The maximum atomic E-state index is 13.2. The molecule has 8 nitrogen and oxygen atoms in total. The minimum atomic E-state index is -0.774. The first kappa shape index (κ1) is 22.3. The van der Waals surface area contributed by atoms with Crippen LogP contribution in [-0.2, 0) is 11.3 Å². The van der Waals surface area contributed by atoms with Gasteiger partial charge in [0.25, 0.3) is 5.56 Å². The lowest BCUT2D eigenvalue weighted by Crippen LogP contribution is -2.37. The number of fused-ring (bicyclic) bond motifs is 1. The van der Waals surface area contributed by atoms with Crippen molar-refractivity contribution in [2.45, 2.75) is 33.4 Å². The molecule has 1 N–H and O–H groups in total. The van der Waals surface area contributed by atoms with Crippen molar-refractivity contribution in [2.24, 2.45) is 0 Å². The molecular formula is C25H28N6O2. The van der Waals surface area contributed by atoms with E-state index in [2.05, 4.69) is 15.5 Å². The van der Waals surface area contributed by atoms with Gasteiger partial charge in [-0.3, -0.25) is 9.59 Å². The fourth-order valence-corrected chi connectivity index (χ4v) is 3.89. The number of nitrogens with one attached hydrogen (secondary N) is 1. The van der Waals surface area contributed by atoms with Crippen LogP contribution in [0.25, 0.3) is 16.6 Å². The van der Waals surface area contributed by atoms with Crippen molar-refractivity contribution in [1.82, 2.24) is 24.9 Å². The lowest BCUT2D eigenvalue weighted by Gasteiger charge is -2.16. The van der Waals surface area contributed by atoms with Crippen molar-refractivity contribution >= 4 is 22.5 Å². The van der Waals surface area contributed by atoms with E-state index in [1.165, 1.54) is 4.68 Å². The van der Waals surface area contributed by atoms with Crippen molar-refractivity contribution < 1.29 is 4.79 Å². The minimum absolute atomic E-state index is 0.278. The van der Waals surface area contributed by atoms with E-state index in [1.807, 2.05) is 87.4 Å². The van der Waals surface area contributed by atoms with Gasteiger partial charge in [-0.25, -0.2) is 9.36 Å². The van der Waals surface area contributed by atoms with E-state index < -0.39 is 6.04 Å². The molecule has 33 heavy (non-hydrogen) atoms. The molecule has 0 aliphatic rings. The van der Waals surface area contributed by atoms with Gasteiger partial charge in [0.05, 0.1) is 22.5 Å². The number of amides is 1. The number of nitrogens with zero attached hydrogens (tertiary/aromatic N) is 5. The molecule has 0 saturated heterocycles. The lowest BCUT2D eigenvalue weighted by molar-refractivity contribution is -0.124. The Morgan fingerprint density at radius 2 is 1.70 bits per heavy atom. The molecule has 2 aromatic carbocycles. The van der Waals surface area contributed by atoms with Crippen LogP contribution in [0, 0.1) is 13.8 Å². The van der Waals surface area contributed by atoms with Crippen LogP contribution in [0.1, 0.15) is 29.9 Å². The van der Waals surface area contributed by atoms with Gasteiger partial charge in [-0.05, 0) is 50.6 Å². The molecular weight excluding hydrogens is 416 g/mol. The number of benzene rings is 2. The Kier molecular flexibility index (Phi) is 6.00. The third-order valence-electron chi connectivity index (χ3n) is 5.81. The average Bonchev–Trinajstić information content (AvgIpc) is 3.18. The van der Waals surface area contributed by atoms with Gasteiger partial charge in [-0.2, -0.15) is 10.2 Å². The smallest absolute Gasteiger partial charge is 0.295 e. The number of anilines is 1. The molecule has 1 atom stereocenters. The summed E-state index contributed by atoms with van der Waals surface area (Å²) in [7, 11) is 3.96. The Labute approximate surface area is 192 Å². The number of carbonyl (C=O) groups excluding carboxylic acids is 1. The van der Waals surface area contributed by atoms with Crippen LogP contribution in [0.2, 0.25) is 0 Å². The normalized spacial score (nSPS) is 12.0. The standard InChI is InChI=1S/C25H28N6O2/c1-16-22-17(2)30(21-9-7-6-8-10-21)28-23(22)25(33)31(27-16)18(3)24(32)26-15-19-11-13-20(14-12-19)29(4)5/h6-14,18H,15H2,1-5H3,(H,26,32)/t18-/m0/s1. The summed E-state index contributed by atoms with van der Waals surface area (Å²) in [5.41, 5.74) is 4.34. The number of hydrogen-bond donors (Lipinski definition) is 1. The van der Waals surface area contributed by atoms with E-state index in [1.54, 1.807) is 11.6 Å². The van der Waals surface area contributed by atoms with Gasteiger partial charge in [0.2, 0.25) is 5.91 Å². The van der Waals surface area contributed by atoms with Gasteiger partial charge in [0.15, 0.2) is 5.52 Å². The van der Waals surface area contributed by atoms with Crippen molar-refractivity contribution in [3.8, 4) is 5.69 Å². The molecule has 8 heteroatoms.